The zero-order valence-corrected chi connectivity index (χ0v) is 12.1. The highest BCUT2D eigenvalue weighted by Gasteiger charge is 2.35. The van der Waals surface area contributed by atoms with E-state index >= 15 is 0 Å². The number of morpholine rings is 1. The maximum absolute atomic E-state index is 12.3. The van der Waals surface area contributed by atoms with Crippen molar-refractivity contribution in [1.29, 1.82) is 0 Å². The topological polar surface area (TPSA) is 108 Å². The first-order valence-electron chi connectivity index (χ1n) is 6.76. The van der Waals surface area contributed by atoms with Gasteiger partial charge in [0.2, 0.25) is 0 Å². The zero-order chi connectivity index (χ0) is 15.5. The van der Waals surface area contributed by atoms with Crippen LogP contribution in [0, 0.1) is 0 Å². The number of nitrogens with one attached hydrogen (secondary N) is 2. The van der Waals surface area contributed by atoms with E-state index in [9.17, 15) is 14.7 Å². The van der Waals surface area contributed by atoms with Gasteiger partial charge in [0.1, 0.15) is 6.04 Å². The number of carbonyl (C=O) groups is 2. The largest absolute Gasteiger partial charge is 0.480 e. The van der Waals surface area contributed by atoms with Crippen molar-refractivity contribution in [2.24, 2.45) is 0 Å². The highest BCUT2D eigenvalue weighted by molar-refractivity contribution is 5.83. The summed E-state index contributed by atoms with van der Waals surface area (Å²) < 4.78 is 5.35. The van der Waals surface area contributed by atoms with Crippen molar-refractivity contribution in [2.75, 3.05) is 19.8 Å². The number of H-pyrrole nitrogens is 1. The number of urea groups is 1. The van der Waals surface area contributed by atoms with Crippen LogP contribution in [0.5, 0.6) is 0 Å². The highest BCUT2D eigenvalue weighted by atomic mass is 16.5. The summed E-state index contributed by atoms with van der Waals surface area (Å²) >= 11 is 0. The second-order valence-electron chi connectivity index (χ2n) is 5.64. The minimum atomic E-state index is -1.08. The minimum Gasteiger partial charge on any atom is -0.480 e. The molecule has 2 heterocycles. The van der Waals surface area contributed by atoms with Crippen molar-refractivity contribution in [3.05, 3.63) is 18.2 Å². The molecule has 116 valence electrons. The number of hydrogen-bond acceptors (Lipinski definition) is 4. The Kier molecular flexibility index (Phi) is 4.46. The second-order valence-corrected chi connectivity index (χ2v) is 5.64. The molecular formula is C13H20N4O4. The molecule has 1 aromatic rings. The normalized spacial score (nSPS) is 19.0. The number of aromatic nitrogens is 2. The third-order valence-electron chi connectivity index (χ3n) is 3.47. The number of carboxylic acids is 1. The van der Waals surface area contributed by atoms with E-state index in [-0.39, 0.29) is 6.42 Å². The fourth-order valence-corrected chi connectivity index (χ4v) is 2.28. The molecule has 3 N–H and O–H groups in total. The van der Waals surface area contributed by atoms with Gasteiger partial charge in [0.25, 0.3) is 0 Å². The quantitative estimate of drug-likeness (QED) is 0.737. The van der Waals surface area contributed by atoms with Crippen molar-refractivity contribution < 1.29 is 19.4 Å². The molecule has 1 aromatic heterocycles. The van der Waals surface area contributed by atoms with E-state index in [0.29, 0.717) is 25.5 Å². The van der Waals surface area contributed by atoms with E-state index in [1.807, 2.05) is 13.8 Å². The number of ether oxygens (including phenoxy) is 1. The molecule has 0 radical (unpaired) electrons. The number of hydrogen-bond donors (Lipinski definition) is 3. The number of amides is 2. The fraction of sp³-hybridized carbons (Fsp3) is 0.615. The van der Waals surface area contributed by atoms with E-state index in [1.54, 1.807) is 11.1 Å². The van der Waals surface area contributed by atoms with Gasteiger partial charge in [0.05, 0.1) is 25.1 Å². The van der Waals surface area contributed by atoms with Gasteiger partial charge in [-0.05, 0) is 13.8 Å². The Morgan fingerprint density at radius 3 is 2.95 bits per heavy atom. The SMILES string of the molecule is CC1(C)COCCN1C(=O)NC(Cc1cnc[nH]1)C(=O)O. The van der Waals surface area contributed by atoms with Gasteiger partial charge in [0, 0.05) is 24.9 Å². The summed E-state index contributed by atoms with van der Waals surface area (Å²) in [6, 6.07) is -1.40. The van der Waals surface area contributed by atoms with Gasteiger partial charge >= 0.3 is 12.0 Å². The Morgan fingerprint density at radius 1 is 1.62 bits per heavy atom. The van der Waals surface area contributed by atoms with Gasteiger partial charge in [-0.15, -0.1) is 0 Å². The minimum absolute atomic E-state index is 0.159. The van der Waals surface area contributed by atoms with E-state index in [4.69, 9.17) is 4.74 Å². The van der Waals surface area contributed by atoms with Crippen molar-refractivity contribution in [1.82, 2.24) is 20.2 Å². The third-order valence-corrected chi connectivity index (χ3v) is 3.47. The van der Waals surface area contributed by atoms with Gasteiger partial charge in [-0.3, -0.25) is 0 Å². The Morgan fingerprint density at radius 2 is 2.38 bits per heavy atom. The number of rotatable bonds is 4. The van der Waals surface area contributed by atoms with Crippen LogP contribution in [-0.4, -0.2) is 63.3 Å². The van der Waals surface area contributed by atoms with Crippen LogP contribution < -0.4 is 5.32 Å². The number of carbonyl (C=O) groups excluding carboxylic acids is 1. The summed E-state index contributed by atoms with van der Waals surface area (Å²) in [7, 11) is 0. The predicted octanol–water partition coefficient (Wildman–Crippen LogP) is 0.226. The van der Waals surface area contributed by atoms with E-state index in [0.717, 1.165) is 0 Å². The molecule has 2 rings (SSSR count). The van der Waals surface area contributed by atoms with Crippen molar-refractivity contribution in [2.45, 2.75) is 31.8 Å². The molecule has 0 aliphatic carbocycles. The number of carboxylic acid groups (broad SMARTS) is 1. The molecule has 1 fully saturated rings. The van der Waals surface area contributed by atoms with Crippen LogP contribution in [0.25, 0.3) is 0 Å². The first-order valence-corrected chi connectivity index (χ1v) is 6.76. The summed E-state index contributed by atoms with van der Waals surface area (Å²) in [6.07, 6.45) is 3.17. The van der Waals surface area contributed by atoms with Crippen molar-refractivity contribution >= 4 is 12.0 Å². The molecule has 2 amide bonds. The average molecular weight is 296 g/mol. The average Bonchev–Trinajstić information content (AvgIpc) is 2.90. The highest BCUT2D eigenvalue weighted by Crippen LogP contribution is 2.19. The van der Waals surface area contributed by atoms with E-state index in [1.165, 1.54) is 6.33 Å². The monoisotopic (exact) mass is 296 g/mol. The number of nitrogens with zero attached hydrogens (tertiary/aromatic N) is 2. The molecule has 0 saturated carbocycles. The van der Waals surface area contributed by atoms with Crippen LogP contribution in [0.1, 0.15) is 19.5 Å². The zero-order valence-electron chi connectivity index (χ0n) is 12.1. The number of imidazole rings is 1. The Labute approximate surface area is 122 Å². The standard InChI is InChI=1S/C13H20N4O4/c1-13(2)7-21-4-3-17(13)12(20)16-10(11(18)19)5-9-6-14-8-15-9/h6,8,10H,3-5,7H2,1-2H3,(H,14,15)(H,16,20)(H,18,19). The lowest BCUT2D eigenvalue weighted by Crippen LogP contribution is -2.60. The lowest BCUT2D eigenvalue weighted by molar-refractivity contribution is -0.139. The summed E-state index contributed by atoms with van der Waals surface area (Å²) in [5, 5.41) is 11.8. The van der Waals surface area contributed by atoms with Crippen LogP contribution in [0.4, 0.5) is 4.79 Å². The van der Waals surface area contributed by atoms with Gasteiger partial charge < -0.3 is 25.0 Å². The summed E-state index contributed by atoms with van der Waals surface area (Å²) in [4.78, 5) is 31.9. The smallest absolute Gasteiger partial charge is 0.326 e. The van der Waals surface area contributed by atoms with Crippen LogP contribution in [0.15, 0.2) is 12.5 Å². The molecule has 0 aromatic carbocycles. The Bertz CT molecular complexity index is 500. The fourth-order valence-electron chi connectivity index (χ4n) is 2.28. The van der Waals surface area contributed by atoms with E-state index < -0.39 is 23.6 Å². The molecule has 1 saturated heterocycles. The number of aliphatic carboxylic acids is 1. The van der Waals surface area contributed by atoms with Crippen LogP contribution in [0.3, 0.4) is 0 Å². The third kappa shape index (κ3) is 3.72. The maximum atomic E-state index is 12.3. The van der Waals surface area contributed by atoms with E-state index in [2.05, 4.69) is 15.3 Å². The van der Waals surface area contributed by atoms with Gasteiger partial charge in [-0.25, -0.2) is 14.6 Å². The molecule has 8 nitrogen and oxygen atoms in total. The maximum Gasteiger partial charge on any atom is 0.326 e. The van der Waals surface area contributed by atoms with Gasteiger partial charge in [0.15, 0.2) is 0 Å². The Hall–Kier alpha value is -2.09. The molecule has 1 aliphatic rings. The molecule has 1 unspecified atom stereocenters. The van der Waals surface area contributed by atoms with Crippen LogP contribution >= 0.6 is 0 Å². The lowest BCUT2D eigenvalue weighted by atomic mass is 10.0. The first-order chi connectivity index (χ1) is 9.90. The molecule has 21 heavy (non-hydrogen) atoms. The summed E-state index contributed by atoms with van der Waals surface area (Å²) in [5.41, 5.74) is 0.197. The van der Waals surface area contributed by atoms with Crippen molar-refractivity contribution in [3.63, 3.8) is 0 Å². The number of aromatic amines is 1. The van der Waals surface area contributed by atoms with Crippen LogP contribution in [0.2, 0.25) is 0 Å². The molecule has 0 bridgehead atoms. The first kappa shape index (κ1) is 15.3. The van der Waals surface area contributed by atoms with Crippen LogP contribution in [-0.2, 0) is 16.0 Å². The molecule has 8 heteroatoms. The van der Waals surface area contributed by atoms with Gasteiger partial charge in [-0.2, -0.15) is 0 Å². The molecule has 1 atom stereocenters. The molecule has 0 spiro atoms. The second kappa shape index (κ2) is 6.13. The molecule has 1 aliphatic heterocycles. The van der Waals surface area contributed by atoms with Crippen molar-refractivity contribution in [3.8, 4) is 0 Å². The lowest BCUT2D eigenvalue weighted by Gasteiger charge is -2.42. The summed E-state index contributed by atoms with van der Waals surface area (Å²) in [5.74, 6) is -1.08. The van der Waals surface area contributed by atoms with Gasteiger partial charge in [-0.1, -0.05) is 0 Å². The summed E-state index contributed by atoms with van der Waals surface area (Å²) in [6.45, 7) is 5.09. The predicted molar refractivity (Wildman–Crippen MR) is 73.9 cm³/mol. The Balaban J connectivity index is 2.02. The molecular weight excluding hydrogens is 276 g/mol.